The number of halogens is 1. The van der Waals surface area contributed by atoms with Crippen molar-refractivity contribution in [2.75, 3.05) is 5.73 Å². The first-order valence-electron chi connectivity index (χ1n) is 3.15. The first kappa shape index (κ1) is 8.83. The Morgan fingerprint density at radius 1 is 1.58 bits per heavy atom. The van der Waals surface area contributed by atoms with Crippen LogP contribution in [0, 0.1) is 0 Å². The van der Waals surface area contributed by atoms with Crippen LogP contribution in [0.25, 0.3) is 0 Å². The summed E-state index contributed by atoms with van der Waals surface area (Å²) in [6.45, 7) is 0. The van der Waals surface area contributed by atoms with Crippen molar-refractivity contribution in [3.05, 3.63) is 28.8 Å². The van der Waals surface area contributed by atoms with Gasteiger partial charge in [0.1, 0.15) is 0 Å². The van der Waals surface area contributed by atoms with Gasteiger partial charge in [0, 0.05) is 0 Å². The fraction of sp³-hybridized carbons (Fsp3) is 0. The molecular formula is C7H7ClN2O2. The molecule has 0 unspecified atom stereocenters. The molecule has 0 aliphatic carbocycles. The summed E-state index contributed by atoms with van der Waals surface area (Å²) in [7, 11) is 0. The lowest BCUT2D eigenvalue weighted by atomic mass is 10.2. The second-order valence-corrected chi connectivity index (χ2v) is 2.55. The Bertz CT molecular complexity index is 314. The molecule has 64 valence electrons. The number of para-hydroxylation sites is 1. The van der Waals surface area contributed by atoms with Gasteiger partial charge in [-0.05, 0) is 12.1 Å². The molecule has 0 aliphatic rings. The minimum Gasteiger partial charge on any atom is -0.397 e. The number of carbonyl (C=O) groups excluding carboxylic acids is 1. The minimum atomic E-state index is -0.671. The second kappa shape index (κ2) is 3.42. The number of amides is 1. The van der Waals surface area contributed by atoms with Gasteiger partial charge in [-0.2, -0.15) is 0 Å². The number of nitrogen functional groups attached to an aromatic ring is 1. The largest absolute Gasteiger partial charge is 0.397 e. The van der Waals surface area contributed by atoms with E-state index in [9.17, 15) is 4.79 Å². The van der Waals surface area contributed by atoms with Gasteiger partial charge in [0.2, 0.25) is 0 Å². The third-order valence-electron chi connectivity index (χ3n) is 1.40. The van der Waals surface area contributed by atoms with E-state index in [0.29, 0.717) is 0 Å². The Morgan fingerprint density at radius 2 is 2.25 bits per heavy atom. The molecule has 0 saturated carbocycles. The van der Waals surface area contributed by atoms with Gasteiger partial charge in [0.25, 0.3) is 5.91 Å². The average Bonchev–Trinajstić information content (AvgIpc) is 2.08. The molecule has 1 rings (SSSR count). The van der Waals surface area contributed by atoms with Gasteiger partial charge in [-0.1, -0.05) is 17.7 Å². The summed E-state index contributed by atoms with van der Waals surface area (Å²) in [5, 5.41) is 8.59. The predicted octanol–water partition coefficient (Wildman–Crippen LogP) is 1.04. The quantitative estimate of drug-likeness (QED) is 0.349. The summed E-state index contributed by atoms with van der Waals surface area (Å²) in [6, 6.07) is 4.60. The molecule has 0 aliphatic heterocycles. The van der Waals surface area contributed by atoms with Crippen molar-refractivity contribution < 1.29 is 10.0 Å². The summed E-state index contributed by atoms with van der Waals surface area (Å²) in [6.07, 6.45) is 0. The van der Waals surface area contributed by atoms with Crippen LogP contribution in [0.5, 0.6) is 0 Å². The summed E-state index contributed by atoms with van der Waals surface area (Å²) in [5.74, 6) is -0.671. The van der Waals surface area contributed by atoms with Crippen LogP contribution >= 0.6 is 11.6 Å². The molecule has 0 aromatic heterocycles. The predicted molar refractivity (Wildman–Crippen MR) is 45.1 cm³/mol. The zero-order valence-corrected chi connectivity index (χ0v) is 6.80. The normalized spacial score (nSPS) is 9.50. The highest BCUT2D eigenvalue weighted by Crippen LogP contribution is 2.21. The van der Waals surface area contributed by atoms with Crippen molar-refractivity contribution in [3.63, 3.8) is 0 Å². The van der Waals surface area contributed by atoms with E-state index in [2.05, 4.69) is 0 Å². The van der Waals surface area contributed by atoms with E-state index in [1.165, 1.54) is 11.5 Å². The van der Waals surface area contributed by atoms with Gasteiger partial charge >= 0.3 is 0 Å². The van der Waals surface area contributed by atoms with E-state index in [1.54, 1.807) is 12.1 Å². The van der Waals surface area contributed by atoms with Crippen molar-refractivity contribution in [2.45, 2.75) is 0 Å². The van der Waals surface area contributed by atoms with E-state index in [0.717, 1.165) is 0 Å². The monoisotopic (exact) mass is 186 g/mol. The van der Waals surface area contributed by atoms with Crippen LogP contribution in [0.3, 0.4) is 0 Å². The molecule has 5 heteroatoms. The van der Waals surface area contributed by atoms with E-state index in [4.69, 9.17) is 22.5 Å². The second-order valence-electron chi connectivity index (χ2n) is 2.14. The lowest BCUT2D eigenvalue weighted by Crippen LogP contribution is -2.20. The van der Waals surface area contributed by atoms with Gasteiger partial charge in [-0.25, -0.2) is 5.48 Å². The van der Waals surface area contributed by atoms with E-state index < -0.39 is 5.91 Å². The smallest absolute Gasteiger partial charge is 0.276 e. The number of hydrogen-bond donors (Lipinski definition) is 3. The van der Waals surface area contributed by atoms with Gasteiger partial charge < -0.3 is 5.73 Å². The molecule has 0 atom stereocenters. The van der Waals surface area contributed by atoms with Crippen molar-refractivity contribution >= 4 is 23.2 Å². The minimum absolute atomic E-state index is 0.157. The number of benzene rings is 1. The van der Waals surface area contributed by atoms with Crippen LogP contribution in [0.1, 0.15) is 10.4 Å². The highest BCUT2D eigenvalue weighted by molar-refractivity contribution is 6.33. The number of nitrogens with one attached hydrogen (secondary N) is 1. The van der Waals surface area contributed by atoms with Crippen molar-refractivity contribution in [3.8, 4) is 0 Å². The molecule has 0 heterocycles. The van der Waals surface area contributed by atoms with Gasteiger partial charge in [-0.3, -0.25) is 10.0 Å². The maximum absolute atomic E-state index is 10.9. The Labute approximate surface area is 73.9 Å². The number of rotatable bonds is 1. The van der Waals surface area contributed by atoms with Crippen LogP contribution < -0.4 is 11.2 Å². The Morgan fingerprint density at radius 3 is 2.83 bits per heavy atom. The van der Waals surface area contributed by atoms with Crippen LogP contribution in [0.15, 0.2) is 18.2 Å². The van der Waals surface area contributed by atoms with Crippen LogP contribution in [-0.2, 0) is 0 Å². The summed E-state index contributed by atoms with van der Waals surface area (Å²) >= 11 is 5.63. The van der Waals surface area contributed by atoms with E-state index in [1.807, 2.05) is 0 Å². The number of hydroxylamine groups is 1. The molecule has 4 N–H and O–H groups in total. The molecule has 0 radical (unpaired) electrons. The lowest BCUT2D eigenvalue weighted by molar-refractivity contribution is 0.0707. The van der Waals surface area contributed by atoms with Crippen LogP contribution in [0.4, 0.5) is 5.69 Å². The first-order chi connectivity index (χ1) is 5.66. The molecule has 0 fully saturated rings. The van der Waals surface area contributed by atoms with Crippen LogP contribution in [0.2, 0.25) is 5.02 Å². The first-order valence-corrected chi connectivity index (χ1v) is 3.53. The van der Waals surface area contributed by atoms with E-state index in [-0.39, 0.29) is 16.3 Å². The Hall–Kier alpha value is -1.26. The van der Waals surface area contributed by atoms with Crippen molar-refractivity contribution in [1.29, 1.82) is 0 Å². The van der Waals surface area contributed by atoms with Crippen molar-refractivity contribution in [2.24, 2.45) is 0 Å². The number of nitrogens with two attached hydrogens (primary N) is 1. The molecule has 1 aromatic rings. The Balaban J connectivity index is 3.16. The summed E-state index contributed by atoms with van der Waals surface area (Å²) < 4.78 is 0. The molecule has 0 bridgehead atoms. The van der Waals surface area contributed by atoms with E-state index >= 15 is 0 Å². The summed E-state index contributed by atoms with van der Waals surface area (Å²) in [4.78, 5) is 10.9. The average molecular weight is 187 g/mol. The van der Waals surface area contributed by atoms with Gasteiger partial charge in [0.15, 0.2) is 0 Å². The van der Waals surface area contributed by atoms with Crippen molar-refractivity contribution in [1.82, 2.24) is 5.48 Å². The molecule has 0 saturated heterocycles. The topological polar surface area (TPSA) is 75.4 Å². The molecular weight excluding hydrogens is 180 g/mol. The third-order valence-corrected chi connectivity index (χ3v) is 1.73. The molecule has 4 nitrogen and oxygen atoms in total. The fourth-order valence-electron chi connectivity index (χ4n) is 0.795. The third kappa shape index (κ3) is 1.49. The highest BCUT2D eigenvalue weighted by Gasteiger charge is 2.09. The SMILES string of the molecule is Nc1c(Cl)cccc1C(=O)NO. The van der Waals surface area contributed by atoms with Gasteiger partial charge in [-0.15, -0.1) is 0 Å². The maximum Gasteiger partial charge on any atom is 0.276 e. The standard InChI is InChI=1S/C7H7ClN2O2/c8-5-3-1-2-4(6(5)9)7(11)10-12/h1-3,12H,9H2,(H,10,11). The fourth-order valence-corrected chi connectivity index (χ4v) is 0.970. The maximum atomic E-state index is 10.9. The number of anilines is 1. The molecule has 1 amide bonds. The van der Waals surface area contributed by atoms with Crippen LogP contribution in [-0.4, -0.2) is 11.1 Å². The highest BCUT2D eigenvalue weighted by atomic mass is 35.5. The number of carbonyl (C=O) groups is 1. The molecule has 0 spiro atoms. The Kier molecular flexibility index (Phi) is 2.52. The summed E-state index contributed by atoms with van der Waals surface area (Å²) in [5.41, 5.74) is 7.24. The number of hydrogen-bond acceptors (Lipinski definition) is 3. The zero-order chi connectivity index (χ0) is 9.14. The molecule has 1 aromatic carbocycles. The van der Waals surface area contributed by atoms with Gasteiger partial charge in [0.05, 0.1) is 16.3 Å². The zero-order valence-electron chi connectivity index (χ0n) is 6.04. The molecule has 12 heavy (non-hydrogen) atoms. The lowest BCUT2D eigenvalue weighted by Gasteiger charge is -2.03.